The monoisotopic (exact) mass is 200 g/mol. The van der Waals surface area contributed by atoms with E-state index in [1.165, 1.54) is 5.52 Å². The van der Waals surface area contributed by atoms with E-state index in [-0.39, 0.29) is 0 Å². The summed E-state index contributed by atoms with van der Waals surface area (Å²) in [5, 5.41) is 0. The topological polar surface area (TPSA) is 17.8 Å². The zero-order chi connectivity index (χ0) is 11.3. The lowest BCUT2D eigenvalue weighted by Crippen LogP contribution is -1.94. The zero-order valence-electron chi connectivity index (χ0n) is 9.49. The first kappa shape index (κ1) is 11.3. The average molecular weight is 200 g/mol. The second-order valence-corrected chi connectivity index (χ2v) is 3.22. The SMILES string of the molecule is C#CC.CCc1nc2ccccc2n1C. The van der Waals surface area contributed by atoms with Gasteiger partial charge in [-0.1, -0.05) is 19.1 Å². The van der Waals surface area contributed by atoms with Crippen molar-refractivity contribution in [3.8, 4) is 12.3 Å². The minimum atomic E-state index is 0.991. The highest BCUT2D eigenvalue weighted by Crippen LogP contribution is 2.13. The number of imidazole rings is 1. The Kier molecular flexibility index (Phi) is 3.93. The highest BCUT2D eigenvalue weighted by Gasteiger charge is 2.03. The number of aryl methyl sites for hydroxylation is 2. The van der Waals surface area contributed by atoms with Gasteiger partial charge in [0.2, 0.25) is 0 Å². The van der Waals surface area contributed by atoms with Crippen molar-refractivity contribution in [1.82, 2.24) is 9.55 Å². The molecule has 0 fully saturated rings. The van der Waals surface area contributed by atoms with Crippen LogP contribution in [0.25, 0.3) is 11.0 Å². The van der Waals surface area contributed by atoms with Gasteiger partial charge >= 0.3 is 0 Å². The van der Waals surface area contributed by atoms with Crippen LogP contribution in [0.1, 0.15) is 19.7 Å². The number of aromatic nitrogens is 2. The van der Waals surface area contributed by atoms with E-state index in [0.717, 1.165) is 17.8 Å². The van der Waals surface area contributed by atoms with Crippen molar-refractivity contribution in [2.24, 2.45) is 7.05 Å². The second kappa shape index (κ2) is 5.21. The molecular weight excluding hydrogens is 184 g/mol. The lowest BCUT2D eigenvalue weighted by molar-refractivity contribution is 0.829. The Labute approximate surface area is 90.9 Å². The van der Waals surface area contributed by atoms with Crippen molar-refractivity contribution >= 4 is 11.0 Å². The molecule has 2 aromatic rings. The number of benzene rings is 1. The maximum atomic E-state index is 4.60. The molecule has 0 aliphatic carbocycles. The van der Waals surface area contributed by atoms with E-state index in [9.17, 15) is 0 Å². The Morgan fingerprint density at radius 1 is 1.40 bits per heavy atom. The van der Waals surface area contributed by atoms with Gasteiger partial charge in [-0.3, -0.25) is 0 Å². The molecule has 0 atom stereocenters. The molecule has 2 heteroatoms. The summed E-state index contributed by atoms with van der Waals surface area (Å²) in [7, 11) is 2.06. The normalized spacial score (nSPS) is 9.20. The number of terminal acetylenes is 1. The molecule has 0 amide bonds. The van der Waals surface area contributed by atoms with E-state index >= 15 is 0 Å². The van der Waals surface area contributed by atoms with E-state index in [1.807, 2.05) is 12.1 Å². The van der Waals surface area contributed by atoms with E-state index < -0.39 is 0 Å². The lowest BCUT2D eigenvalue weighted by atomic mass is 10.3. The Balaban J connectivity index is 0.000000337. The van der Waals surface area contributed by atoms with Crippen LogP contribution in [-0.4, -0.2) is 9.55 Å². The summed E-state index contributed by atoms with van der Waals surface area (Å²) < 4.78 is 2.15. The van der Waals surface area contributed by atoms with Crippen LogP contribution >= 0.6 is 0 Å². The zero-order valence-corrected chi connectivity index (χ0v) is 9.49. The molecule has 2 rings (SSSR count). The fourth-order valence-corrected chi connectivity index (χ4v) is 1.51. The number of fused-ring (bicyclic) bond motifs is 1. The molecule has 2 nitrogen and oxygen atoms in total. The van der Waals surface area contributed by atoms with Crippen LogP contribution in [0.2, 0.25) is 0 Å². The van der Waals surface area contributed by atoms with Gasteiger partial charge in [-0.2, -0.15) is 0 Å². The third kappa shape index (κ3) is 2.38. The van der Waals surface area contributed by atoms with Crippen molar-refractivity contribution in [3.63, 3.8) is 0 Å². The van der Waals surface area contributed by atoms with Crippen molar-refractivity contribution < 1.29 is 0 Å². The molecule has 0 unspecified atom stereocenters. The maximum absolute atomic E-state index is 4.60. The molecule has 0 N–H and O–H groups in total. The highest BCUT2D eigenvalue weighted by molar-refractivity contribution is 5.75. The van der Waals surface area contributed by atoms with Gasteiger partial charge in [-0.05, 0) is 19.1 Å². The molecule has 0 aliphatic rings. The smallest absolute Gasteiger partial charge is 0.109 e. The molecule has 15 heavy (non-hydrogen) atoms. The van der Waals surface area contributed by atoms with Crippen LogP contribution in [0.4, 0.5) is 0 Å². The van der Waals surface area contributed by atoms with Crippen LogP contribution in [0.3, 0.4) is 0 Å². The van der Waals surface area contributed by atoms with E-state index in [2.05, 4.69) is 48.0 Å². The van der Waals surface area contributed by atoms with Crippen molar-refractivity contribution in [3.05, 3.63) is 30.1 Å². The van der Waals surface area contributed by atoms with E-state index in [0.29, 0.717) is 0 Å². The molecular formula is C13H16N2. The van der Waals surface area contributed by atoms with Gasteiger partial charge in [0.25, 0.3) is 0 Å². The highest BCUT2D eigenvalue weighted by atomic mass is 15.1. The summed E-state index contributed by atoms with van der Waals surface area (Å²) in [4.78, 5) is 4.49. The van der Waals surface area contributed by atoms with Crippen molar-refractivity contribution in [2.75, 3.05) is 0 Å². The quantitative estimate of drug-likeness (QED) is 0.647. The molecule has 0 spiro atoms. The van der Waals surface area contributed by atoms with Crippen molar-refractivity contribution in [2.45, 2.75) is 20.3 Å². The van der Waals surface area contributed by atoms with Crippen LogP contribution in [-0.2, 0) is 13.5 Å². The van der Waals surface area contributed by atoms with Gasteiger partial charge in [0.15, 0.2) is 0 Å². The third-order valence-electron chi connectivity index (χ3n) is 2.20. The molecule has 0 bridgehead atoms. The van der Waals surface area contributed by atoms with Crippen LogP contribution in [0, 0.1) is 12.3 Å². The molecule has 0 aliphatic heterocycles. The van der Waals surface area contributed by atoms with Crippen LogP contribution < -0.4 is 0 Å². The first-order chi connectivity index (χ1) is 7.24. The number of rotatable bonds is 1. The molecule has 0 radical (unpaired) electrons. The van der Waals surface area contributed by atoms with Crippen molar-refractivity contribution in [1.29, 1.82) is 0 Å². The number of hydrogen-bond acceptors (Lipinski definition) is 1. The lowest BCUT2D eigenvalue weighted by Gasteiger charge is -1.96. The van der Waals surface area contributed by atoms with Gasteiger partial charge < -0.3 is 4.57 Å². The van der Waals surface area contributed by atoms with Crippen LogP contribution in [0.15, 0.2) is 24.3 Å². The first-order valence-corrected chi connectivity index (χ1v) is 5.02. The second-order valence-electron chi connectivity index (χ2n) is 3.22. The summed E-state index contributed by atoms with van der Waals surface area (Å²) in [5.41, 5.74) is 2.31. The van der Waals surface area contributed by atoms with Gasteiger partial charge in [0, 0.05) is 13.5 Å². The Morgan fingerprint density at radius 3 is 2.53 bits per heavy atom. The molecule has 0 saturated carbocycles. The summed E-state index contributed by atoms with van der Waals surface area (Å²) in [6.07, 6.45) is 5.59. The maximum Gasteiger partial charge on any atom is 0.109 e. The molecule has 0 saturated heterocycles. The minimum absolute atomic E-state index is 0.991. The molecule has 78 valence electrons. The Bertz CT molecular complexity index is 475. The summed E-state index contributed by atoms with van der Waals surface area (Å²) in [6.45, 7) is 3.78. The summed E-state index contributed by atoms with van der Waals surface area (Å²) >= 11 is 0. The number of para-hydroxylation sites is 2. The Hall–Kier alpha value is -1.75. The molecule has 1 aromatic heterocycles. The summed E-state index contributed by atoms with van der Waals surface area (Å²) in [5.74, 6) is 3.40. The standard InChI is InChI=1S/C10H12N2.C3H4/c1-3-10-11-8-6-4-5-7-9(8)12(10)2;1-3-2/h4-7H,3H2,1-2H3;1H,2H3. The third-order valence-corrected chi connectivity index (χ3v) is 2.20. The van der Waals surface area contributed by atoms with E-state index in [1.54, 1.807) is 6.92 Å². The fourth-order valence-electron chi connectivity index (χ4n) is 1.51. The predicted octanol–water partition coefficient (Wildman–Crippen LogP) is 2.78. The number of hydrogen-bond donors (Lipinski definition) is 0. The first-order valence-electron chi connectivity index (χ1n) is 5.02. The largest absolute Gasteiger partial charge is 0.331 e. The van der Waals surface area contributed by atoms with Gasteiger partial charge in [-0.15, -0.1) is 12.3 Å². The fraction of sp³-hybridized carbons (Fsp3) is 0.308. The number of nitrogens with zero attached hydrogens (tertiary/aromatic N) is 2. The molecule has 1 aromatic carbocycles. The predicted molar refractivity (Wildman–Crippen MR) is 64.6 cm³/mol. The molecule has 1 heterocycles. The van der Waals surface area contributed by atoms with Gasteiger partial charge in [0.1, 0.15) is 5.82 Å². The van der Waals surface area contributed by atoms with Crippen LogP contribution in [0.5, 0.6) is 0 Å². The summed E-state index contributed by atoms with van der Waals surface area (Å²) in [6, 6.07) is 8.22. The minimum Gasteiger partial charge on any atom is -0.331 e. The van der Waals surface area contributed by atoms with E-state index in [4.69, 9.17) is 0 Å². The Morgan fingerprint density at radius 2 is 2.00 bits per heavy atom. The van der Waals surface area contributed by atoms with Gasteiger partial charge in [0.05, 0.1) is 11.0 Å². The average Bonchev–Trinajstić information content (AvgIpc) is 2.57. The van der Waals surface area contributed by atoms with Gasteiger partial charge in [-0.25, -0.2) is 4.98 Å².